The van der Waals surface area contributed by atoms with Crippen LogP contribution < -0.4 is 10.6 Å². The van der Waals surface area contributed by atoms with Gasteiger partial charge in [-0.05, 0) is 36.6 Å². The van der Waals surface area contributed by atoms with E-state index in [0.717, 1.165) is 24.2 Å². The molecule has 2 aromatic rings. The van der Waals surface area contributed by atoms with Crippen LogP contribution in [0.25, 0.3) is 5.82 Å². The van der Waals surface area contributed by atoms with Crippen LogP contribution in [0.5, 0.6) is 0 Å². The molecule has 0 aliphatic heterocycles. The molecule has 1 fully saturated rings. The topological polar surface area (TPSA) is 71.8 Å². The van der Waals surface area contributed by atoms with E-state index < -0.39 is 0 Å². The summed E-state index contributed by atoms with van der Waals surface area (Å²) in [7, 11) is 0. The highest BCUT2D eigenvalue weighted by molar-refractivity contribution is 5.74. The molecule has 2 aromatic heterocycles. The third kappa shape index (κ3) is 3.59. The Hall–Kier alpha value is -2.37. The summed E-state index contributed by atoms with van der Waals surface area (Å²) < 4.78 is 1.70. The molecule has 0 spiro atoms. The summed E-state index contributed by atoms with van der Waals surface area (Å²) in [5.41, 5.74) is 0.997. The van der Waals surface area contributed by atoms with Crippen molar-refractivity contribution in [3.8, 4) is 5.82 Å². The number of carbonyl (C=O) groups excluding carboxylic acids is 1. The molecular formula is C15H19N5O. The second kappa shape index (κ2) is 6.39. The quantitative estimate of drug-likeness (QED) is 0.902. The lowest BCUT2D eigenvalue weighted by molar-refractivity contribution is 0.236. The van der Waals surface area contributed by atoms with Gasteiger partial charge in [-0.15, -0.1) is 0 Å². The number of nitrogens with zero attached hydrogens (tertiary/aromatic N) is 3. The fraction of sp³-hybridized carbons (Fsp3) is 0.400. The van der Waals surface area contributed by atoms with Crippen LogP contribution in [0.15, 0.2) is 36.8 Å². The van der Waals surface area contributed by atoms with E-state index in [1.165, 1.54) is 12.8 Å². The highest BCUT2D eigenvalue weighted by Crippen LogP contribution is 2.17. The number of nitrogens with one attached hydrogen (secondary N) is 2. The van der Waals surface area contributed by atoms with Gasteiger partial charge in [0.1, 0.15) is 0 Å². The summed E-state index contributed by atoms with van der Waals surface area (Å²) in [4.78, 5) is 16.1. The predicted molar refractivity (Wildman–Crippen MR) is 79.0 cm³/mol. The van der Waals surface area contributed by atoms with Gasteiger partial charge in [0.25, 0.3) is 0 Å². The third-order valence-corrected chi connectivity index (χ3v) is 3.69. The number of hydrogen-bond acceptors (Lipinski definition) is 3. The molecule has 1 aliphatic carbocycles. The number of rotatable bonds is 4. The molecule has 6 heteroatoms. The summed E-state index contributed by atoms with van der Waals surface area (Å²) in [6.45, 7) is 0.481. The van der Waals surface area contributed by atoms with Gasteiger partial charge in [0.05, 0.1) is 0 Å². The van der Waals surface area contributed by atoms with Gasteiger partial charge < -0.3 is 10.6 Å². The minimum atomic E-state index is -0.0978. The number of pyridine rings is 1. The maximum atomic E-state index is 11.8. The lowest BCUT2D eigenvalue weighted by atomic mass is 10.2. The largest absolute Gasteiger partial charge is 0.335 e. The standard InChI is InChI=1S/C15H19N5O/c21-15(19-13-4-1-2-5-13)17-11-12-6-8-16-14(10-12)20-9-3-7-18-20/h3,6-10,13H,1-2,4-5,11H2,(H2,17,19,21). The summed E-state index contributed by atoms with van der Waals surface area (Å²) in [5, 5.41) is 10.0. The highest BCUT2D eigenvalue weighted by Gasteiger charge is 2.16. The van der Waals surface area contributed by atoms with Gasteiger partial charge >= 0.3 is 6.03 Å². The Morgan fingerprint density at radius 3 is 2.95 bits per heavy atom. The Morgan fingerprint density at radius 1 is 1.33 bits per heavy atom. The normalized spacial score (nSPS) is 15.0. The van der Waals surface area contributed by atoms with E-state index in [4.69, 9.17) is 0 Å². The lowest BCUT2D eigenvalue weighted by Gasteiger charge is -2.13. The molecule has 21 heavy (non-hydrogen) atoms. The van der Waals surface area contributed by atoms with Crippen LogP contribution in [0.4, 0.5) is 4.79 Å². The van der Waals surface area contributed by atoms with Crippen LogP contribution in [0, 0.1) is 0 Å². The summed E-state index contributed by atoms with van der Waals surface area (Å²) in [5.74, 6) is 0.746. The first-order chi connectivity index (χ1) is 10.3. The van der Waals surface area contributed by atoms with Crippen molar-refractivity contribution in [2.45, 2.75) is 38.3 Å². The fourth-order valence-corrected chi connectivity index (χ4v) is 2.59. The average Bonchev–Trinajstić information content (AvgIpc) is 3.19. The highest BCUT2D eigenvalue weighted by atomic mass is 16.2. The summed E-state index contributed by atoms with van der Waals surface area (Å²) in [6.07, 6.45) is 9.88. The molecule has 2 N–H and O–H groups in total. The molecule has 0 bridgehead atoms. The molecule has 3 rings (SSSR count). The van der Waals surface area contributed by atoms with E-state index >= 15 is 0 Å². The minimum absolute atomic E-state index is 0.0978. The molecule has 0 unspecified atom stereocenters. The van der Waals surface area contributed by atoms with Crippen LogP contribution in [0.2, 0.25) is 0 Å². The molecule has 110 valence electrons. The number of carbonyl (C=O) groups is 1. The minimum Gasteiger partial charge on any atom is -0.335 e. The van der Waals surface area contributed by atoms with E-state index in [1.807, 2.05) is 24.4 Å². The number of amides is 2. The van der Waals surface area contributed by atoms with Gasteiger partial charge in [-0.1, -0.05) is 12.8 Å². The van der Waals surface area contributed by atoms with Crippen molar-refractivity contribution < 1.29 is 4.79 Å². The lowest BCUT2D eigenvalue weighted by Crippen LogP contribution is -2.40. The van der Waals surface area contributed by atoms with Crippen LogP contribution in [0.3, 0.4) is 0 Å². The van der Waals surface area contributed by atoms with Gasteiger partial charge in [0.2, 0.25) is 0 Å². The SMILES string of the molecule is O=C(NCc1ccnc(-n2cccn2)c1)NC1CCCC1. The van der Waals surface area contributed by atoms with Crippen molar-refractivity contribution in [2.75, 3.05) is 0 Å². The Bertz CT molecular complexity index is 590. The molecule has 6 nitrogen and oxygen atoms in total. The van der Waals surface area contributed by atoms with Gasteiger partial charge in [-0.2, -0.15) is 5.10 Å². The monoisotopic (exact) mass is 285 g/mol. The fourth-order valence-electron chi connectivity index (χ4n) is 2.59. The average molecular weight is 285 g/mol. The molecule has 0 aromatic carbocycles. The maximum absolute atomic E-state index is 11.8. The van der Waals surface area contributed by atoms with Crippen LogP contribution in [-0.2, 0) is 6.54 Å². The first kappa shape index (κ1) is 13.6. The molecule has 2 heterocycles. The van der Waals surface area contributed by atoms with Crippen molar-refractivity contribution in [1.29, 1.82) is 0 Å². The van der Waals surface area contributed by atoms with E-state index in [2.05, 4.69) is 20.7 Å². The zero-order chi connectivity index (χ0) is 14.5. The molecule has 2 amide bonds. The van der Waals surface area contributed by atoms with Crippen LogP contribution in [-0.4, -0.2) is 26.8 Å². The van der Waals surface area contributed by atoms with Crippen molar-refractivity contribution in [3.05, 3.63) is 42.4 Å². The van der Waals surface area contributed by atoms with Crippen molar-refractivity contribution >= 4 is 6.03 Å². The first-order valence-electron chi connectivity index (χ1n) is 7.30. The van der Waals surface area contributed by atoms with Gasteiger partial charge in [-0.3, -0.25) is 0 Å². The second-order valence-corrected chi connectivity index (χ2v) is 5.28. The van der Waals surface area contributed by atoms with Gasteiger partial charge in [-0.25, -0.2) is 14.5 Å². The first-order valence-corrected chi connectivity index (χ1v) is 7.30. The molecular weight excluding hydrogens is 266 g/mol. The van der Waals surface area contributed by atoms with Gasteiger partial charge in [0, 0.05) is 31.2 Å². The van der Waals surface area contributed by atoms with Crippen molar-refractivity contribution in [3.63, 3.8) is 0 Å². The van der Waals surface area contributed by atoms with E-state index in [-0.39, 0.29) is 6.03 Å². The van der Waals surface area contributed by atoms with E-state index in [9.17, 15) is 4.79 Å². The molecule has 1 saturated carbocycles. The number of urea groups is 1. The molecule has 1 aliphatic rings. The maximum Gasteiger partial charge on any atom is 0.315 e. The van der Waals surface area contributed by atoms with Crippen LogP contribution >= 0.6 is 0 Å². The Balaban J connectivity index is 1.55. The van der Waals surface area contributed by atoms with E-state index in [0.29, 0.717) is 12.6 Å². The molecule has 0 atom stereocenters. The third-order valence-electron chi connectivity index (χ3n) is 3.69. The predicted octanol–water partition coefficient (Wildman–Crippen LogP) is 2.01. The zero-order valence-corrected chi connectivity index (χ0v) is 11.8. The zero-order valence-electron chi connectivity index (χ0n) is 11.8. The Labute approximate surface area is 123 Å². The van der Waals surface area contributed by atoms with Crippen molar-refractivity contribution in [2.24, 2.45) is 0 Å². The number of aromatic nitrogens is 3. The second-order valence-electron chi connectivity index (χ2n) is 5.28. The van der Waals surface area contributed by atoms with Gasteiger partial charge in [0.15, 0.2) is 5.82 Å². The van der Waals surface area contributed by atoms with Crippen LogP contribution in [0.1, 0.15) is 31.2 Å². The van der Waals surface area contributed by atoms with E-state index in [1.54, 1.807) is 17.1 Å². The Kier molecular flexibility index (Phi) is 4.14. The molecule has 0 saturated heterocycles. The summed E-state index contributed by atoms with van der Waals surface area (Å²) >= 11 is 0. The summed E-state index contributed by atoms with van der Waals surface area (Å²) in [6, 6.07) is 5.90. The van der Waals surface area contributed by atoms with Crippen molar-refractivity contribution in [1.82, 2.24) is 25.4 Å². The molecule has 0 radical (unpaired) electrons. The number of hydrogen-bond donors (Lipinski definition) is 2. The smallest absolute Gasteiger partial charge is 0.315 e. The Morgan fingerprint density at radius 2 is 2.19 bits per heavy atom.